The normalized spacial score (nSPS) is 11.0. The molecule has 0 unspecified atom stereocenters. The van der Waals surface area contributed by atoms with Gasteiger partial charge in [0, 0.05) is 27.4 Å². The van der Waals surface area contributed by atoms with E-state index >= 15 is 0 Å². The summed E-state index contributed by atoms with van der Waals surface area (Å²) in [5, 5.41) is 0. The van der Waals surface area contributed by atoms with E-state index in [4.69, 9.17) is 9.47 Å². The molecular formula is C16H34O2. The first kappa shape index (κ1) is 17.9. The minimum atomic E-state index is 0.934. The zero-order valence-corrected chi connectivity index (χ0v) is 12.7. The first-order chi connectivity index (χ1) is 8.91. The van der Waals surface area contributed by atoms with E-state index in [1.54, 1.807) is 14.2 Å². The number of rotatable bonds is 15. The van der Waals surface area contributed by atoms with Crippen LogP contribution in [0.2, 0.25) is 0 Å². The molecule has 0 spiro atoms. The van der Waals surface area contributed by atoms with Crippen molar-refractivity contribution in [2.24, 2.45) is 0 Å². The van der Waals surface area contributed by atoms with Gasteiger partial charge in [-0.05, 0) is 12.8 Å². The minimum Gasteiger partial charge on any atom is -0.385 e. The molecule has 0 amide bonds. The van der Waals surface area contributed by atoms with Gasteiger partial charge in [0.2, 0.25) is 0 Å². The van der Waals surface area contributed by atoms with Crippen molar-refractivity contribution in [2.75, 3.05) is 27.4 Å². The first-order valence-corrected chi connectivity index (χ1v) is 7.89. The summed E-state index contributed by atoms with van der Waals surface area (Å²) in [6, 6.07) is 0. The molecule has 0 heterocycles. The molecule has 0 radical (unpaired) electrons. The Labute approximate surface area is 114 Å². The summed E-state index contributed by atoms with van der Waals surface area (Å²) in [6.45, 7) is 1.87. The van der Waals surface area contributed by atoms with Crippen molar-refractivity contribution >= 4 is 0 Å². The van der Waals surface area contributed by atoms with Crippen LogP contribution < -0.4 is 0 Å². The number of methoxy groups -OCH3 is 2. The Morgan fingerprint density at radius 3 is 0.833 bits per heavy atom. The predicted octanol–water partition coefficient (Wildman–Crippen LogP) is 4.96. The van der Waals surface area contributed by atoms with Gasteiger partial charge in [-0.3, -0.25) is 0 Å². The van der Waals surface area contributed by atoms with Gasteiger partial charge in [-0.1, -0.05) is 64.2 Å². The van der Waals surface area contributed by atoms with E-state index in [1.165, 1.54) is 77.0 Å². The van der Waals surface area contributed by atoms with Crippen molar-refractivity contribution in [2.45, 2.75) is 77.0 Å². The fraction of sp³-hybridized carbons (Fsp3) is 1.00. The summed E-state index contributed by atoms with van der Waals surface area (Å²) in [5.74, 6) is 0. The molecule has 0 N–H and O–H groups in total. The van der Waals surface area contributed by atoms with E-state index in [-0.39, 0.29) is 0 Å². The van der Waals surface area contributed by atoms with Crippen LogP contribution in [0.15, 0.2) is 0 Å². The molecule has 0 aromatic rings. The zero-order chi connectivity index (χ0) is 13.3. The van der Waals surface area contributed by atoms with Crippen LogP contribution in [0, 0.1) is 0 Å². The number of unbranched alkanes of at least 4 members (excludes halogenated alkanes) is 11. The third-order valence-electron chi connectivity index (χ3n) is 3.45. The molecule has 110 valence electrons. The molecule has 0 bridgehead atoms. The maximum absolute atomic E-state index is 5.04. The van der Waals surface area contributed by atoms with Crippen molar-refractivity contribution < 1.29 is 9.47 Å². The van der Waals surface area contributed by atoms with Crippen LogP contribution in [0.25, 0.3) is 0 Å². The maximum atomic E-state index is 5.04. The second-order valence-corrected chi connectivity index (χ2v) is 5.23. The highest BCUT2D eigenvalue weighted by molar-refractivity contribution is 4.48. The lowest BCUT2D eigenvalue weighted by Gasteiger charge is -2.03. The average molecular weight is 258 g/mol. The quantitative estimate of drug-likeness (QED) is 0.386. The molecule has 0 aliphatic heterocycles. The molecule has 0 saturated heterocycles. The smallest absolute Gasteiger partial charge is 0.0462 e. The van der Waals surface area contributed by atoms with Crippen LogP contribution in [0.3, 0.4) is 0 Å². The predicted molar refractivity (Wildman–Crippen MR) is 79.2 cm³/mol. The zero-order valence-electron chi connectivity index (χ0n) is 12.7. The molecule has 0 rings (SSSR count). The van der Waals surface area contributed by atoms with Crippen LogP contribution in [0.5, 0.6) is 0 Å². The Morgan fingerprint density at radius 2 is 0.611 bits per heavy atom. The van der Waals surface area contributed by atoms with Gasteiger partial charge < -0.3 is 9.47 Å². The summed E-state index contributed by atoms with van der Waals surface area (Å²) < 4.78 is 10.1. The van der Waals surface area contributed by atoms with Crippen LogP contribution in [-0.2, 0) is 9.47 Å². The second-order valence-electron chi connectivity index (χ2n) is 5.23. The molecule has 0 aromatic carbocycles. The van der Waals surface area contributed by atoms with Gasteiger partial charge in [-0.15, -0.1) is 0 Å². The standard InChI is InChI=1S/C16H34O2/c1-17-15-13-11-9-7-5-3-4-6-8-10-12-14-16-18-2/h3-16H2,1-2H3. The molecule has 2 nitrogen and oxygen atoms in total. The fourth-order valence-electron chi connectivity index (χ4n) is 2.26. The lowest BCUT2D eigenvalue weighted by molar-refractivity contribution is 0.191. The van der Waals surface area contributed by atoms with Crippen molar-refractivity contribution in [1.82, 2.24) is 0 Å². The minimum absolute atomic E-state index is 0.934. The molecule has 0 aliphatic rings. The Balaban J connectivity index is 2.86. The number of ether oxygens (including phenoxy) is 2. The first-order valence-electron chi connectivity index (χ1n) is 7.89. The van der Waals surface area contributed by atoms with E-state index in [2.05, 4.69) is 0 Å². The van der Waals surface area contributed by atoms with E-state index in [0.29, 0.717) is 0 Å². The number of hydrogen-bond donors (Lipinski definition) is 0. The molecule has 18 heavy (non-hydrogen) atoms. The maximum Gasteiger partial charge on any atom is 0.0462 e. The van der Waals surface area contributed by atoms with Crippen LogP contribution in [0.1, 0.15) is 77.0 Å². The Morgan fingerprint density at radius 1 is 0.389 bits per heavy atom. The average Bonchev–Trinajstić information content (AvgIpc) is 2.39. The van der Waals surface area contributed by atoms with Crippen molar-refractivity contribution in [3.8, 4) is 0 Å². The molecule has 0 atom stereocenters. The van der Waals surface area contributed by atoms with Crippen LogP contribution in [0.4, 0.5) is 0 Å². The van der Waals surface area contributed by atoms with Crippen molar-refractivity contribution in [3.05, 3.63) is 0 Å². The highest BCUT2D eigenvalue weighted by Crippen LogP contribution is 2.11. The topological polar surface area (TPSA) is 18.5 Å². The molecule has 0 saturated carbocycles. The van der Waals surface area contributed by atoms with Crippen LogP contribution >= 0.6 is 0 Å². The summed E-state index contributed by atoms with van der Waals surface area (Å²) in [5.41, 5.74) is 0. The van der Waals surface area contributed by atoms with Gasteiger partial charge >= 0.3 is 0 Å². The lowest BCUT2D eigenvalue weighted by atomic mass is 10.1. The van der Waals surface area contributed by atoms with Gasteiger partial charge in [-0.2, -0.15) is 0 Å². The summed E-state index contributed by atoms with van der Waals surface area (Å²) >= 11 is 0. The van der Waals surface area contributed by atoms with Crippen molar-refractivity contribution in [1.29, 1.82) is 0 Å². The molecule has 0 aliphatic carbocycles. The van der Waals surface area contributed by atoms with Gasteiger partial charge in [0.15, 0.2) is 0 Å². The fourth-order valence-corrected chi connectivity index (χ4v) is 2.26. The second kappa shape index (κ2) is 16.9. The lowest BCUT2D eigenvalue weighted by Crippen LogP contribution is -1.89. The summed E-state index contributed by atoms with van der Waals surface area (Å²) in [6.07, 6.45) is 16.5. The highest BCUT2D eigenvalue weighted by atomic mass is 16.5. The third-order valence-corrected chi connectivity index (χ3v) is 3.45. The van der Waals surface area contributed by atoms with E-state index in [1.807, 2.05) is 0 Å². The molecular weight excluding hydrogens is 224 g/mol. The van der Waals surface area contributed by atoms with Gasteiger partial charge in [0.1, 0.15) is 0 Å². The largest absolute Gasteiger partial charge is 0.385 e. The van der Waals surface area contributed by atoms with E-state index < -0.39 is 0 Å². The third kappa shape index (κ3) is 15.9. The van der Waals surface area contributed by atoms with Crippen LogP contribution in [-0.4, -0.2) is 27.4 Å². The summed E-state index contributed by atoms with van der Waals surface area (Å²) in [4.78, 5) is 0. The van der Waals surface area contributed by atoms with Gasteiger partial charge in [0.05, 0.1) is 0 Å². The van der Waals surface area contributed by atoms with Gasteiger partial charge in [0.25, 0.3) is 0 Å². The molecule has 0 fully saturated rings. The Hall–Kier alpha value is -0.0800. The number of hydrogen-bond acceptors (Lipinski definition) is 2. The van der Waals surface area contributed by atoms with E-state index in [0.717, 1.165) is 13.2 Å². The Bertz CT molecular complexity index is 121. The SMILES string of the molecule is COCCCCCCCCCCCCCCOC. The van der Waals surface area contributed by atoms with Gasteiger partial charge in [-0.25, -0.2) is 0 Å². The Kier molecular flexibility index (Phi) is 16.8. The van der Waals surface area contributed by atoms with E-state index in [9.17, 15) is 0 Å². The molecule has 0 aromatic heterocycles. The highest BCUT2D eigenvalue weighted by Gasteiger charge is 1.93. The molecule has 2 heteroatoms. The monoisotopic (exact) mass is 258 g/mol. The summed E-state index contributed by atoms with van der Waals surface area (Å²) in [7, 11) is 3.57. The van der Waals surface area contributed by atoms with Crippen molar-refractivity contribution in [3.63, 3.8) is 0 Å².